The Morgan fingerprint density at radius 2 is 2.10 bits per heavy atom. The monoisotopic (exact) mass is 451 g/mol. The van der Waals surface area contributed by atoms with E-state index in [2.05, 4.69) is 49.3 Å². The van der Waals surface area contributed by atoms with Gasteiger partial charge in [-0.1, -0.05) is 27.5 Å². The number of benzene rings is 1. The fourth-order valence-corrected chi connectivity index (χ4v) is 4.49. The van der Waals surface area contributed by atoms with Crippen molar-refractivity contribution in [3.8, 4) is 5.75 Å². The molecule has 1 N–H and O–H groups in total. The summed E-state index contributed by atoms with van der Waals surface area (Å²) < 4.78 is 8.58. The molecule has 21 heavy (non-hydrogen) atoms. The van der Waals surface area contributed by atoms with E-state index in [4.69, 9.17) is 16.3 Å². The maximum Gasteiger partial charge on any atom is 0.138 e. The fourth-order valence-electron chi connectivity index (χ4n) is 1.97. The number of ether oxygens (including phenoxy) is 1. The van der Waals surface area contributed by atoms with Gasteiger partial charge in [0.2, 0.25) is 0 Å². The molecule has 0 fully saturated rings. The van der Waals surface area contributed by atoms with Crippen LogP contribution in [0.4, 0.5) is 0 Å². The predicted octanol–water partition coefficient (Wildman–Crippen LogP) is 5.66. The lowest BCUT2D eigenvalue weighted by atomic mass is 10.2. The molecule has 1 aromatic carbocycles. The molecule has 0 aliphatic heterocycles. The highest BCUT2D eigenvalue weighted by molar-refractivity contribution is 9.11. The minimum atomic E-state index is 0.654. The number of nitrogens with one attached hydrogen (secondary N) is 1. The summed E-state index contributed by atoms with van der Waals surface area (Å²) >= 11 is 14.6. The Kier molecular flexibility index (Phi) is 7.02. The van der Waals surface area contributed by atoms with Gasteiger partial charge in [0.1, 0.15) is 5.75 Å². The van der Waals surface area contributed by atoms with Gasteiger partial charge in [-0.2, -0.15) is 0 Å². The number of hydrogen-bond acceptors (Lipinski definition) is 3. The third kappa shape index (κ3) is 5.25. The highest BCUT2D eigenvalue weighted by atomic mass is 79.9. The van der Waals surface area contributed by atoms with Gasteiger partial charge in [0.15, 0.2) is 0 Å². The van der Waals surface area contributed by atoms with E-state index in [0.29, 0.717) is 6.61 Å². The van der Waals surface area contributed by atoms with E-state index in [-0.39, 0.29) is 0 Å². The fraction of sp³-hybridized carbons (Fsp3) is 0.333. The molecule has 0 atom stereocenters. The second-order valence-corrected chi connectivity index (χ2v) is 8.01. The van der Waals surface area contributed by atoms with Gasteiger partial charge in [-0.3, -0.25) is 0 Å². The van der Waals surface area contributed by atoms with Crippen molar-refractivity contribution in [2.24, 2.45) is 0 Å². The summed E-state index contributed by atoms with van der Waals surface area (Å²) in [6, 6.07) is 8.11. The van der Waals surface area contributed by atoms with Crippen LogP contribution in [0.2, 0.25) is 4.34 Å². The molecular formula is C15H16Br2ClNOS. The van der Waals surface area contributed by atoms with E-state index in [1.807, 2.05) is 19.1 Å². The van der Waals surface area contributed by atoms with Crippen LogP contribution >= 0.6 is 54.8 Å². The molecule has 1 heterocycles. The summed E-state index contributed by atoms with van der Waals surface area (Å²) in [5, 5.41) is 3.45. The van der Waals surface area contributed by atoms with Gasteiger partial charge in [0.25, 0.3) is 0 Å². The van der Waals surface area contributed by atoms with Gasteiger partial charge >= 0.3 is 0 Å². The van der Waals surface area contributed by atoms with Crippen molar-refractivity contribution in [1.82, 2.24) is 5.32 Å². The lowest BCUT2D eigenvalue weighted by molar-refractivity contribution is 0.333. The van der Waals surface area contributed by atoms with Crippen molar-refractivity contribution in [2.45, 2.75) is 19.9 Å². The van der Waals surface area contributed by atoms with E-state index in [1.165, 1.54) is 4.88 Å². The third-order valence-electron chi connectivity index (χ3n) is 2.87. The lowest BCUT2D eigenvalue weighted by Gasteiger charge is -2.13. The third-order valence-corrected chi connectivity index (χ3v) is 5.20. The maximum atomic E-state index is 5.93. The summed E-state index contributed by atoms with van der Waals surface area (Å²) in [5.41, 5.74) is 1.14. The molecule has 0 bridgehead atoms. The molecule has 0 saturated heterocycles. The zero-order valence-corrected chi connectivity index (χ0v) is 16.3. The van der Waals surface area contributed by atoms with Crippen LogP contribution in [0.5, 0.6) is 5.75 Å². The van der Waals surface area contributed by atoms with Crippen molar-refractivity contribution in [3.63, 3.8) is 0 Å². The minimum absolute atomic E-state index is 0.654. The normalized spacial score (nSPS) is 10.9. The van der Waals surface area contributed by atoms with Gasteiger partial charge in [0.05, 0.1) is 15.4 Å². The molecular weight excluding hydrogens is 437 g/mol. The van der Waals surface area contributed by atoms with Gasteiger partial charge in [0, 0.05) is 28.0 Å². The minimum Gasteiger partial charge on any atom is -0.492 e. The Bertz CT molecular complexity index is 603. The van der Waals surface area contributed by atoms with Crippen molar-refractivity contribution in [2.75, 3.05) is 13.2 Å². The van der Waals surface area contributed by atoms with Crippen LogP contribution in [0.15, 0.2) is 33.2 Å². The van der Waals surface area contributed by atoms with Crippen molar-refractivity contribution in [3.05, 3.63) is 48.0 Å². The highest BCUT2D eigenvalue weighted by Gasteiger charge is 2.09. The summed E-state index contributed by atoms with van der Waals surface area (Å²) in [7, 11) is 0. The Labute approximate surface area is 151 Å². The molecule has 2 rings (SSSR count). The van der Waals surface area contributed by atoms with Gasteiger partial charge in [-0.25, -0.2) is 0 Å². The first-order valence-corrected chi connectivity index (χ1v) is 9.44. The van der Waals surface area contributed by atoms with Gasteiger partial charge in [-0.05, 0) is 53.5 Å². The zero-order chi connectivity index (χ0) is 15.2. The zero-order valence-electron chi connectivity index (χ0n) is 11.6. The van der Waals surface area contributed by atoms with E-state index in [1.54, 1.807) is 11.3 Å². The smallest absolute Gasteiger partial charge is 0.138 e. The van der Waals surface area contributed by atoms with Crippen LogP contribution in [0, 0.1) is 0 Å². The average Bonchev–Trinajstić information content (AvgIpc) is 2.84. The van der Waals surface area contributed by atoms with Crippen LogP contribution in [-0.4, -0.2) is 13.2 Å². The van der Waals surface area contributed by atoms with Gasteiger partial charge in [-0.15, -0.1) is 11.3 Å². The first-order chi connectivity index (χ1) is 10.1. The first kappa shape index (κ1) is 17.3. The van der Waals surface area contributed by atoms with Crippen molar-refractivity contribution in [1.29, 1.82) is 0 Å². The first-order valence-electron chi connectivity index (χ1n) is 6.65. The van der Waals surface area contributed by atoms with Crippen molar-refractivity contribution < 1.29 is 4.74 Å². The van der Waals surface area contributed by atoms with E-state index in [0.717, 1.165) is 44.1 Å². The summed E-state index contributed by atoms with van der Waals surface area (Å²) in [6.07, 6.45) is 0.983. The Morgan fingerprint density at radius 1 is 1.29 bits per heavy atom. The maximum absolute atomic E-state index is 5.93. The topological polar surface area (TPSA) is 21.3 Å². The predicted molar refractivity (Wildman–Crippen MR) is 97.8 cm³/mol. The molecule has 0 radical (unpaired) electrons. The number of rotatable bonds is 7. The van der Waals surface area contributed by atoms with E-state index in [9.17, 15) is 0 Å². The molecule has 0 saturated carbocycles. The second-order valence-electron chi connectivity index (χ2n) is 4.44. The molecule has 2 aromatic rings. The van der Waals surface area contributed by atoms with E-state index < -0.39 is 0 Å². The quantitative estimate of drug-likeness (QED) is 0.547. The van der Waals surface area contributed by atoms with Crippen molar-refractivity contribution >= 4 is 54.8 Å². The highest BCUT2D eigenvalue weighted by Crippen LogP contribution is 2.33. The van der Waals surface area contributed by atoms with E-state index >= 15 is 0 Å². The van der Waals surface area contributed by atoms with Crippen LogP contribution in [0.1, 0.15) is 17.4 Å². The Hall–Kier alpha value is -0.0700. The Morgan fingerprint density at radius 3 is 2.76 bits per heavy atom. The molecule has 0 unspecified atom stereocenters. The number of thiophene rings is 1. The molecule has 114 valence electrons. The molecule has 0 spiro atoms. The van der Waals surface area contributed by atoms with Crippen LogP contribution in [-0.2, 0) is 13.0 Å². The molecule has 2 nitrogen and oxygen atoms in total. The molecule has 0 aliphatic rings. The largest absolute Gasteiger partial charge is 0.492 e. The Balaban J connectivity index is 1.92. The molecule has 6 heteroatoms. The average molecular weight is 454 g/mol. The van der Waals surface area contributed by atoms with Crippen LogP contribution < -0.4 is 10.1 Å². The lowest BCUT2D eigenvalue weighted by Crippen LogP contribution is -2.17. The summed E-state index contributed by atoms with van der Waals surface area (Å²) in [4.78, 5) is 1.30. The summed E-state index contributed by atoms with van der Waals surface area (Å²) in [6.45, 7) is 4.33. The standard InChI is InChI=1S/C15H16Br2ClNOS/c1-2-20-15-10(7-11(16)8-13(15)17)9-19-6-5-12-3-4-14(18)21-12/h3-4,7-8,19H,2,5-6,9H2,1H3. The number of hydrogen-bond donors (Lipinski definition) is 1. The second kappa shape index (κ2) is 8.53. The van der Waals surface area contributed by atoms with Crippen LogP contribution in [0.3, 0.4) is 0 Å². The summed E-state index contributed by atoms with van der Waals surface area (Å²) in [5.74, 6) is 0.910. The van der Waals surface area contributed by atoms with Crippen LogP contribution in [0.25, 0.3) is 0 Å². The molecule has 1 aromatic heterocycles. The molecule has 0 aliphatic carbocycles. The number of halogens is 3. The molecule has 0 amide bonds. The SMILES string of the molecule is CCOc1c(Br)cc(Br)cc1CNCCc1ccc(Cl)s1. The van der Waals surface area contributed by atoms with Gasteiger partial charge < -0.3 is 10.1 Å².